The number of anilines is 1. The maximum absolute atomic E-state index is 12.3. The Hall–Kier alpha value is -3.02. The number of hydrogen-bond acceptors (Lipinski definition) is 4. The molecule has 2 aromatic rings. The molecule has 0 bridgehead atoms. The Morgan fingerprint density at radius 1 is 1.25 bits per heavy atom. The summed E-state index contributed by atoms with van der Waals surface area (Å²) >= 11 is 0. The predicted octanol–water partition coefficient (Wildman–Crippen LogP) is 1.60. The SMILES string of the molecule is O=CN1CCc2cc(C(=O)CCNC(=O)c3cccnc3)ccc21. The van der Waals surface area contributed by atoms with E-state index in [1.165, 1.54) is 6.20 Å². The molecule has 0 saturated carbocycles. The number of benzene rings is 1. The number of hydrogen-bond donors (Lipinski definition) is 1. The molecule has 0 atom stereocenters. The molecule has 0 spiro atoms. The average Bonchev–Trinajstić information content (AvgIpc) is 3.04. The highest BCUT2D eigenvalue weighted by atomic mass is 16.2. The van der Waals surface area contributed by atoms with E-state index in [2.05, 4.69) is 10.3 Å². The summed E-state index contributed by atoms with van der Waals surface area (Å²) in [4.78, 5) is 40.6. The van der Waals surface area contributed by atoms with E-state index < -0.39 is 0 Å². The van der Waals surface area contributed by atoms with Crippen molar-refractivity contribution in [2.24, 2.45) is 0 Å². The Morgan fingerprint density at radius 3 is 2.88 bits per heavy atom. The monoisotopic (exact) mass is 323 g/mol. The minimum absolute atomic E-state index is 0.0335. The standard InChI is InChI=1S/C18H17N3O3/c22-12-21-9-6-13-10-14(3-4-16(13)21)17(23)5-8-20-18(24)15-2-1-7-19-11-15/h1-4,7,10-12H,5-6,8-9H2,(H,20,24). The molecule has 122 valence electrons. The van der Waals surface area contributed by atoms with Crippen molar-refractivity contribution in [3.05, 3.63) is 59.4 Å². The third-order valence-corrected chi connectivity index (χ3v) is 4.02. The topological polar surface area (TPSA) is 79.4 Å². The number of ketones is 1. The zero-order chi connectivity index (χ0) is 16.9. The van der Waals surface area contributed by atoms with E-state index in [9.17, 15) is 14.4 Å². The Bertz CT molecular complexity index is 774. The van der Waals surface area contributed by atoms with Crippen LogP contribution in [0.4, 0.5) is 5.69 Å². The Balaban J connectivity index is 1.56. The van der Waals surface area contributed by atoms with Crippen molar-refractivity contribution in [1.29, 1.82) is 0 Å². The zero-order valence-corrected chi connectivity index (χ0v) is 13.1. The van der Waals surface area contributed by atoms with Gasteiger partial charge in [0.25, 0.3) is 5.91 Å². The first-order valence-electron chi connectivity index (χ1n) is 7.75. The van der Waals surface area contributed by atoms with Crippen molar-refractivity contribution in [2.45, 2.75) is 12.8 Å². The van der Waals surface area contributed by atoms with Crippen LogP contribution in [0.2, 0.25) is 0 Å². The van der Waals surface area contributed by atoms with Crippen molar-refractivity contribution in [3.63, 3.8) is 0 Å². The third kappa shape index (κ3) is 3.32. The van der Waals surface area contributed by atoms with Crippen LogP contribution in [0.3, 0.4) is 0 Å². The molecule has 0 fully saturated rings. The van der Waals surface area contributed by atoms with E-state index >= 15 is 0 Å². The molecule has 0 unspecified atom stereocenters. The molecule has 2 heterocycles. The molecule has 0 saturated heterocycles. The lowest BCUT2D eigenvalue weighted by Gasteiger charge is -2.10. The summed E-state index contributed by atoms with van der Waals surface area (Å²) in [5.41, 5.74) is 2.95. The van der Waals surface area contributed by atoms with Gasteiger partial charge in [-0.25, -0.2) is 0 Å². The fraction of sp³-hybridized carbons (Fsp3) is 0.222. The summed E-state index contributed by atoms with van der Waals surface area (Å²) < 4.78 is 0. The van der Waals surface area contributed by atoms with Gasteiger partial charge in [-0.15, -0.1) is 0 Å². The molecule has 6 nitrogen and oxygen atoms in total. The fourth-order valence-electron chi connectivity index (χ4n) is 2.74. The molecule has 1 aromatic heterocycles. The molecule has 0 radical (unpaired) electrons. The second-order valence-corrected chi connectivity index (χ2v) is 5.56. The lowest BCUT2D eigenvalue weighted by atomic mass is 10.0. The van der Waals surface area contributed by atoms with E-state index in [-0.39, 0.29) is 24.7 Å². The summed E-state index contributed by atoms with van der Waals surface area (Å²) in [6.45, 7) is 0.918. The van der Waals surface area contributed by atoms with Crippen LogP contribution < -0.4 is 10.2 Å². The van der Waals surface area contributed by atoms with Gasteiger partial charge in [0.1, 0.15) is 0 Å². The minimum Gasteiger partial charge on any atom is -0.352 e. The molecule has 2 amide bonds. The quantitative estimate of drug-likeness (QED) is 0.647. The molecule has 1 aliphatic rings. The van der Waals surface area contributed by atoms with Crippen molar-refractivity contribution in [1.82, 2.24) is 10.3 Å². The van der Waals surface area contributed by atoms with Gasteiger partial charge in [0.15, 0.2) is 5.78 Å². The highest BCUT2D eigenvalue weighted by Gasteiger charge is 2.19. The maximum Gasteiger partial charge on any atom is 0.252 e. The number of amides is 2. The van der Waals surface area contributed by atoms with E-state index in [0.29, 0.717) is 17.7 Å². The first-order chi connectivity index (χ1) is 11.7. The Morgan fingerprint density at radius 2 is 2.12 bits per heavy atom. The molecule has 24 heavy (non-hydrogen) atoms. The number of Topliss-reactive ketones (excluding diaryl/α,β-unsaturated/α-hetero) is 1. The molecular weight excluding hydrogens is 306 g/mol. The minimum atomic E-state index is -0.244. The molecule has 0 aliphatic carbocycles. The van der Waals surface area contributed by atoms with E-state index in [1.54, 1.807) is 35.4 Å². The van der Waals surface area contributed by atoms with Crippen molar-refractivity contribution < 1.29 is 14.4 Å². The number of carbonyl (C=O) groups excluding carboxylic acids is 3. The number of fused-ring (bicyclic) bond motifs is 1. The molecule has 1 aromatic carbocycles. The van der Waals surface area contributed by atoms with Crippen molar-refractivity contribution in [2.75, 3.05) is 18.0 Å². The van der Waals surface area contributed by atoms with Gasteiger partial charge in [-0.3, -0.25) is 19.4 Å². The van der Waals surface area contributed by atoms with E-state index in [4.69, 9.17) is 0 Å². The number of aromatic nitrogens is 1. The summed E-state index contributed by atoms with van der Waals surface area (Å²) in [6, 6.07) is 8.73. The van der Waals surface area contributed by atoms with Gasteiger partial charge in [0.05, 0.1) is 5.56 Å². The van der Waals surface area contributed by atoms with Crippen LogP contribution in [0, 0.1) is 0 Å². The maximum atomic E-state index is 12.3. The van der Waals surface area contributed by atoms with Gasteiger partial charge in [0.2, 0.25) is 6.41 Å². The van der Waals surface area contributed by atoms with E-state index in [0.717, 1.165) is 24.1 Å². The largest absolute Gasteiger partial charge is 0.352 e. The van der Waals surface area contributed by atoms with Crippen LogP contribution in [0.1, 0.15) is 32.7 Å². The first-order valence-corrected chi connectivity index (χ1v) is 7.75. The van der Waals surface area contributed by atoms with Gasteiger partial charge >= 0.3 is 0 Å². The van der Waals surface area contributed by atoms with E-state index in [1.807, 2.05) is 6.07 Å². The number of nitrogens with one attached hydrogen (secondary N) is 1. The smallest absolute Gasteiger partial charge is 0.252 e. The van der Waals surface area contributed by atoms with Crippen LogP contribution in [-0.4, -0.2) is 36.2 Å². The number of carbonyl (C=O) groups is 3. The lowest BCUT2D eigenvalue weighted by molar-refractivity contribution is -0.107. The number of nitrogens with zero attached hydrogens (tertiary/aromatic N) is 2. The summed E-state index contributed by atoms with van der Waals surface area (Å²) in [7, 11) is 0. The average molecular weight is 323 g/mol. The van der Waals surface area contributed by atoms with Gasteiger partial charge in [-0.2, -0.15) is 0 Å². The zero-order valence-electron chi connectivity index (χ0n) is 13.1. The second kappa shape index (κ2) is 7.04. The lowest BCUT2D eigenvalue weighted by Crippen LogP contribution is -2.26. The van der Waals surface area contributed by atoms with Gasteiger partial charge in [0, 0.05) is 43.2 Å². The van der Waals surface area contributed by atoms with Gasteiger partial charge < -0.3 is 10.2 Å². The number of rotatable bonds is 6. The summed E-state index contributed by atoms with van der Waals surface area (Å²) in [5.74, 6) is -0.277. The Labute approximate surface area is 139 Å². The highest BCUT2D eigenvalue weighted by molar-refractivity contribution is 5.98. The fourth-order valence-corrected chi connectivity index (χ4v) is 2.74. The van der Waals surface area contributed by atoms with Crippen molar-refractivity contribution in [3.8, 4) is 0 Å². The third-order valence-electron chi connectivity index (χ3n) is 4.02. The molecule has 6 heteroatoms. The molecule has 1 N–H and O–H groups in total. The van der Waals surface area contributed by atoms with Crippen LogP contribution in [0.5, 0.6) is 0 Å². The second-order valence-electron chi connectivity index (χ2n) is 5.56. The number of pyridine rings is 1. The van der Waals surface area contributed by atoms with Gasteiger partial charge in [-0.05, 0) is 42.3 Å². The molecule has 1 aliphatic heterocycles. The van der Waals surface area contributed by atoms with Crippen molar-refractivity contribution >= 4 is 23.8 Å². The van der Waals surface area contributed by atoms with Crippen LogP contribution in [0.25, 0.3) is 0 Å². The summed E-state index contributed by atoms with van der Waals surface area (Å²) in [5, 5.41) is 2.71. The highest BCUT2D eigenvalue weighted by Crippen LogP contribution is 2.27. The first kappa shape index (κ1) is 15.9. The molecular formula is C18H17N3O3. The van der Waals surface area contributed by atoms with Crippen LogP contribution in [-0.2, 0) is 11.2 Å². The predicted molar refractivity (Wildman–Crippen MR) is 89.1 cm³/mol. The normalized spacial score (nSPS) is 12.6. The van der Waals surface area contributed by atoms with Crippen LogP contribution in [0.15, 0.2) is 42.7 Å². The van der Waals surface area contributed by atoms with Crippen LogP contribution >= 0.6 is 0 Å². The Kier molecular flexibility index (Phi) is 4.65. The van der Waals surface area contributed by atoms with Gasteiger partial charge in [-0.1, -0.05) is 0 Å². The molecule has 3 rings (SSSR count). The summed E-state index contributed by atoms with van der Waals surface area (Å²) in [6.07, 6.45) is 4.87.